The van der Waals surface area contributed by atoms with Gasteiger partial charge in [-0.3, -0.25) is 0 Å². The lowest BCUT2D eigenvalue weighted by molar-refractivity contribution is 0.252. The van der Waals surface area contributed by atoms with E-state index in [1.54, 1.807) is 24.3 Å². The zero-order valence-electron chi connectivity index (χ0n) is 7.73. The molecule has 0 saturated heterocycles. The first-order valence-corrected chi connectivity index (χ1v) is 6.68. The van der Waals surface area contributed by atoms with Crippen LogP contribution in [0.3, 0.4) is 0 Å². The van der Waals surface area contributed by atoms with E-state index in [9.17, 15) is 8.78 Å². The van der Waals surface area contributed by atoms with Gasteiger partial charge >= 0.3 is 0 Å². The van der Waals surface area contributed by atoms with Gasteiger partial charge in [0.1, 0.15) is 5.01 Å². The Morgan fingerprint density at radius 3 is 2.38 bits per heavy atom. The number of aromatic nitrogens is 2. The summed E-state index contributed by atoms with van der Waals surface area (Å²) in [7, 11) is 0. The molecule has 16 heavy (non-hydrogen) atoms. The molecule has 2 aromatic rings. The van der Waals surface area contributed by atoms with Gasteiger partial charge in [0, 0.05) is 10.5 Å². The summed E-state index contributed by atoms with van der Waals surface area (Å²) in [6.45, 7) is 0. The number of halogens is 3. The largest absolute Gasteiger partial charge is 0.288 e. The van der Waals surface area contributed by atoms with E-state index in [0.717, 1.165) is 10.6 Å². The van der Waals surface area contributed by atoms with Crippen LogP contribution in [-0.4, -0.2) is 16.0 Å². The number of hydrogen-bond donors (Lipinski definition) is 0. The second-order valence-electron chi connectivity index (χ2n) is 2.76. The fourth-order valence-electron chi connectivity index (χ4n) is 1.10. The lowest BCUT2D eigenvalue weighted by Gasteiger charge is -2.00. The number of benzene rings is 1. The molecule has 0 saturated carbocycles. The van der Waals surface area contributed by atoms with E-state index in [2.05, 4.69) is 26.1 Å². The lowest BCUT2D eigenvalue weighted by atomic mass is 10.2. The minimum absolute atomic E-state index is 0.532. The average Bonchev–Trinajstić information content (AvgIpc) is 2.65. The summed E-state index contributed by atoms with van der Waals surface area (Å²) in [4.78, 5) is 0.544. The number of nitrogens with zero attached hydrogens (tertiary/aromatic N) is 2. The van der Waals surface area contributed by atoms with E-state index < -0.39 is 5.76 Å². The highest BCUT2D eigenvalue weighted by atomic mass is 79.9. The molecule has 0 N–H and O–H groups in total. The molecule has 0 unspecified atom stereocenters. The summed E-state index contributed by atoms with van der Waals surface area (Å²) in [6, 6.07) is 6.83. The van der Waals surface area contributed by atoms with Gasteiger partial charge in [-0.25, -0.2) is 0 Å². The van der Waals surface area contributed by atoms with E-state index in [1.165, 1.54) is 11.3 Å². The maximum Gasteiger partial charge on any atom is 0.288 e. The molecule has 2 rings (SSSR count). The molecule has 0 bridgehead atoms. The van der Waals surface area contributed by atoms with E-state index in [1.807, 2.05) is 0 Å². The highest BCUT2D eigenvalue weighted by Gasteiger charge is 2.07. The smallest absolute Gasteiger partial charge is 0.198 e. The first kappa shape index (κ1) is 11.9. The summed E-state index contributed by atoms with van der Waals surface area (Å²) >= 11 is 5.15. The van der Waals surface area contributed by atoms with Crippen LogP contribution in [0.1, 0.15) is 0 Å². The quantitative estimate of drug-likeness (QED) is 0.789. The first-order valence-electron chi connectivity index (χ1n) is 4.19. The van der Waals surface area contributed by atoms with Crippen molar-refractivity contribution in [3.8, 4) is 10.6 Å². The Labute approximate surface area is 107 Å². The van der Waals surface area contributed by atoms with Crippen molar-refractivity contribution in [3.05, 3.63) is 28.2 Å². The standard InChI is InChI=1S/C9H5BrF2N2S2/c10-8-14-13-7(16-8)5-1-3-6(4-2-5)15-9(11)12/h1-4,9H. The third-order valence-electron chi connectivity index (χ3n) is 1.73. The topological polar surface area (TPSA) is 25.8 Å². The Balaban J connectivity index is 2.19. The summed E-state index contributed by atoms with van der Waals surface area (Å²) < 4.78 is 24.9. The van der Waals surface area contributed by atoms with Crippen LogP contribution in [0.2, 0.25) is 0 Å². The van der Waals surface area contributed by atoms with Crippen molar-refractivity contribution in [2.24, 2.45) is 0 Å². The minimum atomic E-state index is -2.39. The molecule has 84 valence electrons. The third kappa shape index (κ3) is 2.99. The minimum Gasteiger partial charge on any atom is -0.198 e. The molecular formula is C9H5BrF2N2S2. The molecule has 0 radical (unpaired) electrons. The zero-order valence-corrected chi connectivity index (χ0v) is 11.0. The summed E-state index contributed by atoms with van der Waals surface area (Å²) in [5, 5.41) is 8.53. The van der Waals surface area contributed by atoms with Crippen LogP contribution in [0, 0.1) is 0 Å². The van der Waals surface area contributed by atoms with Gasteiger partial charge in [0.15, 0.2) is 3.92 Å². The van der Waals surface area contributed by atoms with Crippen LogP contribution in [0.25, 0.3) is 10.6 Å². The Bertz CT molecular complexity index is 473. The zero-order chi connectivity index (χ0) is 11.5. The number of thioether (sulfide) groups is 1. The first-order chi connectivity index (χ1) is 7.65. The van der Waals surface area contributed by atoms with Gasteiger partial charge in [-0.1, -0.05) is 35.2 Å². The van der Waals surface area contributed by atoms with Gasteiger partial charge < -0.3 is 0 Å². The van der Waals surface area contributed by atoms with E-state index in [0.29, 0.717) is 20.6 Å². The highest BCUT2D eigenvalue weighted by Crippen LogP contribution is 2.30. The maximum atomic E-state index is 12.1. The monoisotopic (exact) mass is 322 g/mol. The Hall–Kier alpha value is -0.530. The molecule has 1 heterocycles. The van der Waals surface area contributed by atoms with Gasteiger partial charge in [-0.05, 0) is 28.1 Å². The van der Waals surface area contributed by atoms with Crippen LogP contribution in [0.4, 0.5) is 8.78 Å². The molecule has 0 amide bonds. The Morgan fingerprint density at radius 2 is 1.88 bits per heavy atom. The fourth-order valence-corrected chi connectivity index (χ4v) is 2.72. The lowest BCUT2D eigenvalue weighted by Crippen LogP contribution is -1.82. The molecule has 0 fully saturated rings. The summed E-state index contributed by atoms with van der Waals surface area (Å²) in [6.07, 6.45) is 0. The summed E-state index contributed by atoms with van der Waals surface area (Å²) in [5.74, 6) is -2.39. The van der Waals surface area contributed by atoms with Crippen LogP contribution in [0.15, 0.2) is 33.1 Å². The van der Waals surface area contributed by atoms with Gasteiger partial charge in [0.05, 0.1) is 0 Å². The van der Waals surface area contributed by atoms with E-state index in [4.69, 9.17) is 0 Å². The van der Waals surface area contributed by atoms with Crippen molar-refractivity contribution in [2.75, 3.05) is 0 Å². The molecule has 1 aromatic carbocycles. The highest BCUT2D eigenvalue weighted by molar-refractivity contribution is 9.11. The van der Waals surface area contributed by atoms with Crippen LogP contribution in [0.5, 0.6) is 0 Å². The van der Waals surface area contributed by atoms with E-state index >= 15 is 0 Å². The Kier molecular flexibility index (Phi) is 3.88. The van der Waals surface area contributed by atoms with E-state index in [-0.39, 0.29) is 0 Å². The van der Waals surface area contributed by atoms with Gasteiger partial charge in [-0.2, -0.15) is 8.78 Å². The fraction of sp³-hybridized carbons (Fsp3) is 0.111. The predicted octanol–water partition coefficient (Wildman–Crippen LogP) is 4.28. The Morgan fingerprint density at radius 1 is 1.19 bits per heavy atom. The van der Waals surface area contributed by atoms with Crippen molar-refractivity contribution in [1.29, 1.82) is 0 Å². The van der Waals surface area contributed by atoms with Crippen molar-refractivity contribution in [1.82, 2.24) is 10.2 Å². The van der Waals surface area contributed by atoms with Gasteiger partial charge in [0.2, 0.25) is 0 Å². The van der Waals surface area contributed by atoms with Gasteiger partial charge in [0.25, 0.3) is 5.76 Å². The molecule has 0 atom stereocenters. The number of alkyl halides is 2. The van der Waals surface area contributed by atoms with Crippen molar-refractivity contribution in [3.63, 3.8) is 0 Å². The van der Waals surface area contributed by atoms with Crippen LogP contribution < -0.4 is 0 Å². The average molecular weight is 323 g/mol. The molecule has 7 heteroatoms. The maximum absolute atomic E-state index is 12.1. The molecule has 0 aliphatic rings. The second-order valence-corrected chi connectivity index (χ2v) is 6.08. The summed E-state index contributed by atoms with van der Waals surface area (Å²) in [5.41, 5.74) is 0.877. The molecule has 1 aromatic heterocycles. The molecule has 0 aliphatic heterocycles. The SMILES string of the molecule is FC(F)Sc1ccc(-c2nnc(Br)s2)cc1. The van der Waals surface area contributed by atoms with Crippen molar-refractivity contribution < 1.29 is 8.78 Å². The van der Waals surface area contributed by atoms with Crippen molar-refractivity contribution in [2.45, 2.75) is 10.7 Å². The third-order valence-corrected chi connectivity index (χ3v) is 3.85. The number of hydrogen-bond acceptors (Lipinski definition) is 4. The van der Waals surface area contributed by atoms with Crippen molar-refractivity contribution >= 4 is 39.0 Å². The van der Waals surface area contributed by atoms with Crippen LogP contribution >= 0.6 is 39.0 Å². The molecular weight excluding hydrogens is 318 g/mol. The normalized spacial score (nSPS) is 11.0. The number of rotatable bonds is 3. The molecule has 0 spiro atoms. The second kappa shape index (κ2) is 5.20. The molecule has 2 nitrogen and oxygen atoms in total. The van der Waals surface area contributed by atoms with Crippen LogP contribution in [-0.2, 0) is 0 Å². The molecule has 0 aliphatic carbocycles. The predicted molar refractivity (Wildman–Crippen MR) is 64.9 cm³/mol. The van der Waals surface area contributed by atoms with Gasteiger partial charge in [-0.15, -0.1) is 10.2 Å².